The Morgan fingerprint density at radius 2 is 2.14 bits per heavy atom. The number of nitro benzene ring substituents is 1. The van der Waals surface area contributed by atoms with Gasteiger partial charge in [-0.2, -0.15) is 8.42 Å². The molecule has 0 aromatic heterocycles. The highest BCUT2D eigenvalue weighted by molar-refractivity contribution is 7.87. The Balaban J connectivity index is 2.16. The Morgan fingerprint density at radius 3 is 2.82 bits per heavy atom. The predicted molar refractivity (Wildman–Crippen MR) is 78.7 cm³/mol. The van der Waals surface area contributed by atoms with Gasteiger partial charge in [-0.15, -0.1) is 0 Å². The van der Waals surface area contributed by atoms with Gasteiger partial charge in [0.05, 0.1) is 11.0 Å². The molecule has 1 fully saturated rings. The number of hydrogen-bond acceptors (Lipinski definition) is 7. The largest absolute Gasteiger partial charge is 0.427 e. The van der Waals surface area contributed by atoms with Gasteiger partial charge in [0.15, 0.2) is 4.90 Å². The third kappa shape index (κ3) is 4.04. The molecule has 0 amide bonds. The number of benzene rings is 1. The highest BCUT2D eigenvalue weighted by atomic mass is 32.2. The number of rotatable bonds is 6. The van der Waals surface area contributed by atoms with Crippen molar-refractivity contribution in [3.05, 3.63) is 34.4 Å². The van der Waals surface area contributed by atoms with Crippen molar-refractivity contribution in [3.63, 3.8) is 0 Å². The van der Waals surface area contributed by atoms with Crippen LogP contribution in [0.5, 0.6) is 0 Å². The van der Waals surface area contributed by atoms with E-state index in [9.17, 15) is 18.5 Å². The molecule has 1 heterocycles. The van der Waals surface area contributed by atoms with Crippen molar-refractivity contribution in [2.75, 3.05) is 20.2 Å². The second kappa shape index (κ2) is 7.18. The van der Waals surface area contributed by atoms with E-state index in [1.807, 2.05) is 4.81 Å². The molecule has 10 heteroatoms. The van der Waals surface area contributed by atoms with Crippen molar-refractivity contribution < 1.29 is 22.2 Å². The average molecular weight is 327 g/mol. The number of piperidine rings is 1. The van der Waals surface area contributed by atoms with Crippen LogP contribution in [0.3, 0.4) is 0 Å². The van der Waals surface area contributed by atoms with E-state index in [-0.39, 0.29) is 0 Å². The lowest BCUT2D eigenvalue weighted by molar-refractivity contribution is -0.387. The molecule has 0 aliphatic carbocycles. The summed E-state index contributed by atoms with van der Waals surface area (Å²) in [5, 5.41) is 11.0. The Labute approximate surface area is 129 Å². The summed E-state index contributed by atoms with van der Waals surface area (Å²) in [5.74, 6) is 0. The number of nitrogens with zero attached hydrogens (tertiary/aromatic N) is 2. The molecule has 22 heavy (non-hydrogen) atoms. The molecule has 1 atom stereocenters. The maximum Gasteiger partial charge on any atom is 0.398 e. The Bertz CT molecular complexity index is 636. The third-order valence-corrected chi connectivity index (χ3v) is 4.67. The zero-order valence-corrected chi connectivity index (χ0v) is 12.9. The first-order valence-electron chi connectivity index (χ1n) is 6.71. The van der Waals surface area contributed by atoms with Crippen LogP contribution in [-0.2, 0) is 19.0 Å². The summed E-state index contributed by atoms with van der Waals surface area (Å²) in [6, 6.07) is 5.15. The fourth-order valence-corrected chi connectivity index (χ4v) is 3.60. The minimum Gasteiger partial charge on any atom is -0.427 e. The van der Waals surface area contributed by atoms with Crippen molar-refractivity contribution >= 4 is 23.4 Å². The van der Waals surface area contributed by atoms with E-state index in [4.69, 9.17) is 8.84 Å². The van der Waals surface area contributed by atoms with Crippen LogP contribution in [0.2, 0.25) is 0 Å². The Kier molecular flexibility index (Phi) is 5.51. The van der Waals surface area contributed by atoms with Crippen molar-refractivity contribution in [3.8, 4) is 0 Å². The minimum absolute atomic E-state index is 0.355. The first-order valence-corrected chi connectivity index (χ1v) is 8.12. The summed E-state index contributed by atoms with van der Waals surface area (Å²) < 4.78 is 34.7. The van der Waals surface area contributed by atoms with Crippen LogP contribution in [0.15, 0.2) is 29.2 Å². The zero-order chi connectivity index (χ0) is 16.2. The number of nitro groups is 1. The van der Waals surface area contributed by atoms with Gasteiger partial charge in [0, 0.05) is 19.7 Å². The molecule has 0 bridgehead atoms. The molecule has 119 valence electrons. The van der Waals surface area contributed by atoms with E-state index in [1.54, 1.807) is 0 Å². The van der Waals surface area contributed by atoms with Crippen LogP contribution < -0.4 is 0 Å². The van der Waals surface area contributed by atoms with Crippen LogP contribution >= 0.6 is 0 Å². The molecule has 1 saturated heterocycles. The van der Waals surface area contributed by atoms with Gasteiger partial charge in [-0.25, -0.2) is 0 Å². The van der Waals surface area contributed by atoms with Crippen molar-refractivity contribution in [1.29, 1.82) is 0 Å². The quantitative estimate of drug-likeness (QED) is 0.332. The van der Waals surface area contributed by atoms with E-state index in [0.29, 0.717) is 13.0 Å². The molecule has 0 saturated carbocycles. The van der Waals surface area contributed by atoms with E-state index in [1.165, 1.54) is 32.9 Å². The average Bonchev–Trinajstić information content (AvgIpc) is 2.47. The normalized spacial score (nSPS) is 19.8. The SMILES string of the molecule is CO[B]N1CCC[C@@H](OS(=O)(=O)c2ccccc2[N+](=O)[O-])C1. The smallest absolute Gasteiger partial charge is 0.398 e. The predicted octanol–water partition coefficient (Wildman–Crippen LogP) is 0.945. The van der Waals surface area contributed by atoms with Gasteiger partial charge in [-0.3, -0.25) is 14.3 Å². The van der Waals surface area contributed by atoms with E-state index in [0.717, 1.165) is 19.0 Å². The van der Waals surface area contributed by atoms with E-state index in [2.05, 4.69) is 0 Å². The van der Waals surface area contributed by atoms with Crippen molar-refractivity contribution in [2.45, 2.75) is 23.8 Å². The van der Waals surface area contributed by atoms with Gasteiger partial charge < -0.3 is 9.47 Å². The molecule has 1 aromatic carbocycles. The summed E-state index contributed by atoms with van der Waals surface area (Å²) in [4.78, 5) is 11.6. The zero-order valence-electron chi connectivity index (χ0n) is 12.0. The molecule has 2 rings (SSSR count). The number of hydrogen-bond donors (Lipinski definition) is 0. The van der Waals surface area contributed by atoms with Crippen LogP contribution in [0.25, 0.3) is 0 Å². The monoisotopic (exact) mass is 327 g/mol. The van der Waals surface area contributed by atoms with Crippen LogP contribution in [0, 0.1) is 10.1 Å². The highest BCUT2D eigenvalue weighted by Crippen LogP contribution is 2.27. The molecule has 8 nitrogen and oxygen atoms in total. The van der Waals surface area contributed by atoms with Gasteiger partial charge in [0.1, 0.15) is 0 Å². The molecule has 0 N–H and O–H groups in total. The first kappa shape index (κ1) is 16.9. The van der Waals surface area contributed by atoms with E-state index < -0.39 is 31.7 Å². The van der Waals surface area contributed by atoms with Gasteiger partial charge in [-0.1, -0.05) is 12.1 Å². The standard InChI is InChI=1S/C12H16BN2O6S/c1-20-13-14-8-4-5-10(9-14)21-22(18,19)12-7-3-2-6-11(12)15(16)17/h2-3,6-7,10H,4-5,8-9H2,1H3/t10-/m1/s1. The molecular formula is C12H16BN2O6S. The van der Waals surface area contributed by atoms with Gasteiger partial charge in [0.2, 0.25) is 0 Å². The fourth-order valence-electron chi connectivity index (χ4n) is 2.34. The maximum absolute atomic E-state index is 12.3. The first-order chi connectivity index (χ1) is 10.4. The summed E-state index contributed by atoms with van der Waals surface area (Å²) in [5.41, 5.74) is -0.487. The second-order valence-electron chi connectivity index (χ2n) is 4.88. The highest BCUT2D eigenvalue weighted by Gasteiger charge is 2.31. The summed E-state index contributed by atoms with van der Waals surface area (Å²) >= 11 is 0. The van der Waals surface area contributed by atoms with Crippen LogP contribution in [-0.4, -0.2) is 52.1 Å². The molecule has 1 aliphatic rings. The van der Waals surface area contributed by atoms with Gasteiger partial charge in [-0.05, 0) is 25.5 Å². The molecule has 0 spiro atoms. The fraction of sp³-hybridized carbons (Fsp3) is 0.500. The molecule has 0 unspecified atom stereocenters. The maximum atomic E-state index is 12.3. The summed E-state index contributed by atoms with van der Waals surface area (Å²) in [6.45, 7) is 1.10. The van der Waals surface area contributed by atoms with Crippen LogP contribution in [0.1, 0.15) is 12.8 Å². The van der Waals surface area contributed by atoms with Crippen molar-refractivity contribution in [1.82, 2.24) is 4.81 Å². The molecule has 1 aromatic rings. The lowest BCUT2D eigenvalue weighted by Gasteiger charge is -2.30. The van der Waals surface area contributed by atoms with Crippen LogP contribution in [0.4, 0.5) is 5.69 Å². The Hall–Kier alpha value is -1.49. The topological polar surface area (TPSA) is 99.0 Å². The van der Waals surface area contributed by atoms with Crippen molar-refractivity contribution in [2.24, 2.45) is 0 Å². The molecular weight excluding hydrogens is 311 g/mol. The lowest BCUT2D eigenvalue weighted by Crippen LogP contribution is -2.43. The van der Waals surface area contributed by atoms with Gasteiger partial charge in [0.25, 0.3) is 5.69 Å². The third-order valence-electron chi connectivity index (χ3n) is 3.26. The van der Waals surface area contributed by atoms with Gasteiger partial charge >= 0.3 is 17.7 Å². The summed E-state index contributed by atoms with van der Waals surface area (Å²) in [6.07, 6.45) is 0.746. The molecule has 1 aliphatic heterocycles. The second-order valence-corrected chi connectivity index (χ2v) is 6.42. The molecule has 1 radical (unpaired) electrons. The van der Waals surface area contributed by atoms with E-state index >= 15 is 0 Å². The summed E-state index contributed by atoms with van der Waals surface area (Å²) in [7, 11) is -1.18. The number of para-hydroxylation sites is 1. The minimum atomic E-state index is -4.20. The Morgan fingerprint density at radius 1 is 1.41 bits per heavy atom. The lowest BCUT2D eigenvalue weighted by atomic mass is 10.0.